The molecule has 0 saturated heterocycles. The van der Waals surface area contributed by atoms with Crippen LogP contribution < -0.4 is 20.9 Å². The Morgan fingerprint density at radius 3 is 2.47 bits per heavy atom. The van der Waals surface area contributed by atoms with Gasteiger partial charge < -0.3 is 16.0 Å². The Morgan fingerprint density at radius 2 is 1.83 bits per heavy atom. The van der Waals surface area contributed by atoms with E-state index < -0.39 is 0 Å². The normalized spacial score (nSPS) is 19.6. The van der Waals surface area contributed by atoms with Crippen LogP contribution in [0.25, 0.3) is 0 Å². The van der Waals surface area contributed by atoms with Crippen molar-refractivity contribution in [3.05, 3.63) is 40.6 Å². The number of hydrogen-bond acceptors (Lipinski definition) is 5. The smallest absolute Gasteiger partial charge is 0.319 e. The average Bonchev–Trinajstić information content (AvgIpc) is 2.87. The third-order valence-electron chi connectivity index (χ3n) is 7.90. The van der Waals surface area contributed by atoms with Gasteiger partial charge in [0.05, 0.1) is 11.4 Å². The Morgan fingerprint density at radius 1 is 1.11 bits per heavy atom. The first-order valence-corrected chi connectivity index (χ1v) is 13.8. The number of primary amides is 1. The third-order valence-corrected chi connectivity index (χ3v) is 7.90. The molecule has 3 N–H and O–H groups in total. The highest BCUT2D eigenvalue weighted by molar-refractivity contribution is 5.92. The van der Waals surface area contributed by atoms with E-state index in [2.05, 4.69) is 63.3 Å². The Labute approximate surface area is 216 Å². The number of anilines is 3. The van der Waals surface area contributed by atoms with E-state index in [-0.39, 0.29) is 6.03 Å². The van der Waals surface area contributed by atoms with Crippen molar-refractivity contribution in [2.75, 3.05) is 35.8 Å². The van der Waals surface area contributed by atoms with Crippen LogP contribution in [0.15, 0.2) is 18.2 Å². The molecule has 1 aromatic heterocycles. The minimum Gasteiger partial charge on any atom is -0.362 e. The summed E-state index contributed by atoms with van der Waals surface area (Å²) in [5.74, 6) is 2.59. The van der Waals surface area contributed by atoms with E-state index in [4.69, 9.17) is 15.7 Å². The van der Waals surface area contributed by atoms with Crippen LogP contribution >= 0.6 is 0 Å². The molecule has 36 heavy (non-hydrogen) atoms. The van der Waals surface area contributed by atoms with Gasteiger partial charge in [-0.15, -0.1) is 0 Å². The fourth-order valence-electron chi connectivity index (χ4n) is 5.92. The number of hydrogen-bond donors (Lipinski definition) is 2. The molecule has 2 aliphatic rings. The maximum atomic E-state index is 12.6. The summed E-state index contributed by atoms with van der Waals surface area (Å²) in [4.78, 5) is 26.4. The lowest BCUT2D eigenvalue weighted by Crippen LogP contribution is -2.42. The van der Waals surface area contributed by atoms with Gasteiger partial charge in [0.2, 0.25) is 5.95 Å². The number of amides is 2. The molecule has 7 heteroatoms. The van der Waals surface area contributed by atoms with Gasteiger partial charge in [-0.05, 0) is 80.8 Å². The minimum absolute atomic E-state index is 0.331. The van der Waals surface area contributed by atoms with Gasteiger partial charge in [0, 0.05) is 32.2 Å². The zero-order chi connectivity index (χ0) is 25.8. The molecular formula is C29H44N6O. The second kappa shape index (κ2) is 11.5. The molecule has 0 aliphatic heterocycles. The SMILES string of the molecule is CCc1cccc(C(C)C)c1N(C[C@H]1CC[C@@H](Nc2nc3c(c(N(C)C)n2)CCCC3)CC1)C(N)=O. The van der Waals surface area contributed by atoms with Crippen molar-refractivity contribution >= 4 is 23.5 Å². The summed E-state index contributed by atoms with van der Waals surface area (Å²) in [6, 6.07) is 6.36. The van der Waals surface area contributed by atoms with Gasteiger partial charge in [0.25, 0.3) is 0 Å². The molecular weight excluding hydrogens is 448 g/mol. The Bertz CT molecular complexity index is 1060. The van der Waals surface area contributed by atoms with E-state index in [1.54, 1.807) is 0 Å². The molecule has 2 aromatic rings. The molecule has 1 heterocycles. The Balaban J connectivity index is 1.44. The second-order valence-electron chi connectivity index (χ2n) is 11.1. The maximum absolute atomic E-state index is 12.6. The molecule has 0 bridgehead atoms. The first-order valence-electron chi connectivity index (χ1n) is 13.8. The van der Waals surface area contributed by atoms with E-state index in [1.807, 2.05) is 4.90 Å². The van der Waals surface area contributed by atoms with Crippen LogP contribution in [0.2, 0.25) is 0 Å². The summed E-state index contributed by atoms with van der Waals surface area (Å²) in [5, 5.41) is 3.64. The van der Waals surface area contributed by atoms with Crippen molar-refractivity contribution in [3.8, 4) is 0 Å². The van der Waals surface area contributed by atoms with Crippen molar-refractivity contribution in [2.24, 2.45) is 11.7 Å². The fourth-order valence-corrected chi connectivity index (χ4v) is 5.92. The zero-order valence-electron chi connectivity index (χ0n) is 22.8. The van der Waals surface area contributed by atoms with Crippen LogP contribution in [0.1, 0.15) is 87.6 Å². The number of benzene rings is 1. The summed E-state index contributed by atoms with van der Waals surface area (Å²) in [7, 11) is 4.14. The summed E-state index contributed by atoms with van der Waals surface area (Å²) < 4.78 is 0. The number of carbonyl (C=O) groups is 1. The Hall–Kier alpha value is -2.83. The lowest BCUT2D eigenvalue weighted by molar-refractivity contribution is 0.250. The standard InChI is InChI=1S/C29H44N6O/c1-6-21-10-9-12-23(19(2)3)26(21)35(28(30)36)18-20-14-16-22(17-15-20)31-29-32-25-13-8-7-11-24(25)27(33-29)34(4)5/h9-10,12,19-20,22H,6-8,11,13-18H2,1-5H3,(H2,30,36)(H,31,32,33)/t20-,22+. The zero-order valence-corrected chi connectivity index (χ0v) is 22.8. The van der Waals surface area contributed by atoms with E-state index in [9.17, 15) is 4.79 Å². The van der Waals surface area contributed by atoms with Gasteiger partial charge in [-0.2, -0.15) is 4.98 Å². The minimum atomic E-state index is -0.350. The lowest BCUT2D eigenvalue weighted by atomic mass is 9.85. The van der Waals surface area contributed by atoms with E-state index in [0.29, 0.717) is 24.4 Å². The summed E-state index contributed by atoms with van der Waals surface area (Å²) in [5.41, 5.74) is 11.9. The molecule has 0 spiro atoms. The molecule has 0 unspecified atom stereocenters. The van der Waals surface area contributed by atoms with Crippen LogP contribution in [0, 0.1) is 5.92 Å². The van der Waals surface area contributed by atoms with Gasteiger partial charge in [-0.25, -0.2) is 9.78 Å². The van der Waals surface area contributed by atoms with Gasteiger partial charge in [-0.3, -0.25) is 4.90 Å². The third kappa shape index (κ3) is 5.76. The highest BCUT2D eigenvalue weighted by Gasteiger charge is 2.28. The largest absolute Gasteiger partial charge is 0.362 e. The summed E-state index contributed by atoms with van der Waals surface area (Å²) in [6.45, 7) is 7.18. The lowest BCUT2D eigenvalue weighted by Gasteiger charge is -2.34. The fraction of sp³-hybridized carbons (Fsp3) is 0.621. The van der Waals surface area contributed by atoms with Gasteiger partial charge in [-0.1, -0.05) is 39.0 Å². The number of aryl methyl sites for hydroxylation is 2. The molecule has 1 aromatic carbocycles. The van der Waals surface area contributed by atoms with Crippen LogP contribution in [-0.4, -0.2) is 42.7 Å². The number of para-hydroxylation sites is 1. The molecule has 2 amide bonds. The van der Waals surface area contributed by atoms with E-state index in [1.165, 1.54) is 35.2 Å². The van der Waals surface area contributed by atoms with Gasteiger partial charge in [0.15, 0.2) is 0 Å². The number of aromatic nitrogens is 2. The van der Waals surface area contributed by atoms with Crippen molar-refractivity contribution in [1.82, 2.24) is 9.97 Å². The molecule has 196 valence electrons. The molecule has 0 atom stereocenters. The Kier molecular flexibility index (Phi) is 8.37. The van der Waals surface area contributed by atoms with Crippen molar-refractivity contribution in [3.63, 3.8) is 0 Å². The van der Waals surface area contributed by atoms with Crippen molar-refractivity contribution in [1.29, 1.82) is 0 Å². The highest BCUT2D eigenvalue weighted by atomic mass is 16.2. The van der Waals surface area contributed by atoms with Crippen LogP contribution in [0.4, 0.5) is 22.2 Å². The number of nitrogens with zero attached hydrogens (tertiary/aromatic N) is 4. The molecule has 7 nitrogen and oxygen atoms in total. The predicted octanol–water partition coefficient (Wildman–Crippen LogP) is 5.66. The molecule has 4 rings (SSSR count). The van der Waals surface area contributed by atoms with Crippen LogP contribution in [0.3, 0.4) is 0 Å². The van der Waals surface area contributed by atoms with Gasteiger partial charge in [0.1, 0.15) is 5.82 Å². The van der Waals surface area contributed by atoms with E-state index in [0.717, 1.165) is 62.4 Å². The van der Waals surface area contributed by atoms with E-state index >= 15 is 0 Å². The monoisotopic (exact) mass is 492 g/mol. The van der Waals surface area contributed by atoms with Crippen molar-refractivity contribution in [2.45, 2.75) is 90.5 Å². The number of nitrogens with one attached hydrogen (secondary N) is 1. The molecule has 0 radical (unpaired) electrons. The van der Waals surface area contributed by atoms with Crippen LogP contribution in [0.5, 0.6) is 0 Å². The maximum Gasteiger partial charge on any atom is 0.319 e. The molecule has 2 aliphatic carbocycles. The number of urea groups is 1. The van der Waals surface area contributed by atoms with Gasteiger partial charge >= 0.3 is 6.03 Å². The quantitative estimate of drug-likeness (QED) is 0.496. The topological polar surface area (TPSA) is 87.4 Å². The van der Waals surface area contributed by atoms with Crippen LogP contribution in [-0.2, 0) is 19.3 Å². The predicted molar refractivity (Wildman–Crippen MR) is 149 cm³/mol. The average molecular weight is 493 g/mol. The molecule has 1 fully saturated rings. The molecule has 1 saturated carbocycles. The first-order chi connectivity index (χ1) is 17.3. The summed E-state index contributed by atoms with van der Waals surface area (Å²) in [6.07, 6.45) is 9.62. The number of carbonyl (C=O) groups excluding carboxylic acids is 1. The number of rotatable bonds is 8. The van der Waals surface area contributed by atoms with Crippen molar-refractivity contribution < 1.29 is 4.79 Å². The second-order valence-corrected chi connectivity index (χ2v) is 11.1. The highest BCUT2D eigenvalue weighted by Crippen LogP contribution is 2.35. The number of nitrogens with two attached hydrogens (primary N) is 1. The first kappa shape index (κ1) is 26.2. The number of fused-ring (bicyclic) bond motifs is 1. The summed E-state index contributed by atoms with van der Waals surface area (Å²) >= 11 is 0.